The fourth-order valence-electron chi connectivity index (χ4n) is 6.58. The standard InChI is InChI=1S/C49H88O6/c1-4-7-10-13-16-19-21-22-23-24-25-26-28-30-33-36-39-42-48(51)54-45-46(44-53-47(50)41-38-35-32-29-18-15-12-9-6-3)55-49(52)43-40-37-34-31-27-20-17-14-11-8-5-2/h9,12,14,17-18,29,46H,4-8,10-11,13,15-16,19-28,30-45H2,1-3H3/b12-9-,17-14-,29-18-. The molecule has 0 aromatic heterocycles. The van der Waals surface area contributed by atoms with Crippen molar-refractivity contribution in [3.63, 3.8) is 0 Å². The molecule has 6 nitrogen and oxygen atoms in total. The van der Waals surface area contributed by atoms with E-state index in [-0.39, 0.29) is 31.1 Å². The van der Waals surface area contributed by atoms with Gasteiger partial charge >= 0.3 is 17.9 Å². The van der Waals surface area contributed by atoms with Crippen LogP contribution in [0.3, 0.4) is 0 Å². The third-order valence-electron chi connectivity index (χ3n) is 10.1. The van der Waals surface area contributed by atoms with Gasteiger partial charge in [0.1, 0.15) is 13.2 Å². The zero-order valence-corrected chi connectivity index (χ0v) is 36.4. The van der Waals surface area contributed by atoms with Gasteiger partial charge in [-0.25, -0.2) is 0 Å². The summed E-state index contributed by atoms with van der Waals surface area (Å²) >= 11 is 0. The normalized spacial score (nSPS) is 12.3. The maximum atomic E-state index is 12.7. The molecule has 0 spiro atoms. The number of allylic oxidation sites excluding steroid dienone is 6. The number of hydrogen-bond donors (Lipinski definition) is 0. The summed E-state index contributed by atoms with van der Waals surface area (Å²) in [7, 11) is 0. The third-order valence-corrected chi connectivity index (χ3v) is 10.1. The van der Waals surface area contributed by atoms with Gasteiger partial charge < -0.3 is 14.2 Å². The predicted octanol–water partition coefficient (Wildman–Crippen LogP) is 15.0. The average Bonchev–Trinajstić information content (AvgIpc) is 3.18. The Kier molecular flexibility index (Phi) is 42.4. The van der Waals surface area contributed by atoms with Crippen LogP contribution in [0.4, 0.5) is 0 Å². The molecule has 0 amide bonds. The van der Waals surface area contributed by atoms with Crippen molar-refractivity contribution in [1.82, 2.24) is 0 Å². The second kappa shape index (κ2) is 44.3. The highest BCUT2D eigenvalue weighted by Crippen LogP contribution is 2.15. The van der Waals surface area contributed by atoms with Gasteiger partial charge in [-0.15, -0.1) is 0 Å². The lowest BCUT2D eigenvalue weighted by Gasteiger charge is -2.18. The molecule has 0 saturated heterocycles. The first-order chi connectivity index (χ1) is 27.0. The molecule has 0 aromatic rings. The van der Waals surface area contributed by atoms with Crippen LogP contribution in [0.1, 0.15) is 239 Å². The van der Waals surface area contributed by atoms with Gasteiger partial charge in [-0.3, -0.25) is 14.4 Å². The molecular formula is C49H88O6. The molecule has 0 aliphatic rings. The largest absolute Gasteiger partial charge is 0.462 e. The summed E-state index contributed by atoms with van der Waals surface area (Å²) in [4.78, 5) is 37.7. The van der Waals surface area contributed by atoms with Crippen LogP contribution in [0.5, 0.6) is 0 Å². The first-order valence-electron chi connectivity index (χ1n) is 23.5. The molecule has 6 heteroatoms. The molecule has 0 N–H and O–H groups in total. The molecule has 0 radical (unpaired) electrons. The number of ether oxygens (including phenoxy) is 3. The highest BCUT2D eigenvalue weighted by atomic mass is 16.6. The zero-order valence-electron chi connectivity index (χ0n) is 36.4. The summed E-state index contributed by atoms with van der Waals surface area (Å²) in [5.74, 6) is -0.928. The maximum Gasteiger partial charge on any atom is 0.306 e. The average molecular weight is 773 g/mol. The quantitative estimate of drug-likeness (QED) is 0.0266. The van der Waals surface area contributed by atoms with Gasteiger partial charge in [0.2, 0.25) is 0 Å². The van der Waals surface area contributed by atoms with Crippen molar-refractivity contribution in [3.8, 4) is 0 Å². The molecule has 0 heterocycles. The number of unbranched alkanes of at least 4 members (excludes halogenated alkanes) is 25. The van der Waals surface area contributed by atoms with Crippen molar-refractivity contribution in [2.24, 2.45) is 0 Å². The Morgan fingerprint density at radius 2 is 0.727 bits per heavy atom. The van der Waals surface area contributed by atoms with Gasteiger partial charge in [-0.05, 0) is 64.2 Å². The van der Waals surface area contributed by atoms with E-state index in [2.05, 4.69) is 57.2 Å². The Labute approximate surface area is 340 Å². The molecule has 1 unspecified atom stereocenters. The van der Waals surface area contributed by atoms with E-state index in [0.29, 0.717) is 19.3 Å². The summed E-state index contributed by atoms with van der Waals surface area (Å²) in [6, 6.07) is 0. The number of hydrogen-bond acceptors (Lipinski definition) is 6. The first kappa shape index (κ1) is 52.6. The van der Waals surface area contributed by atoms with Gasteiger partial charge in [-0.1, -0.05) is 192 Å². The SMILES string of the molecule is CC/C=C\C/C=C\CCCCC(=O)OCC(COC(=O)CCCCCCCCCCCCCCCCCCC)OC(=O)CCCCCCC/C=C\CCCC. The summed E-state index contributed by atoms with van der Waals surface area (Å²) in [5, 5.41) is 0. The molecule has 320 valence electrons. The number of esters is 3. The van der Waals surface area contributed by atoms with Gasteiger partial charge in [0.15, 0.2) is 6.10 Å². The molecule has 0 aliphatic carbocycles. The summed E-state index contributed by atoms with van der Waals surface area (Å²) in [5.41, 5.74) is 0. The van der Waals surface area contributed by atoms with E-state index < -0.39 is 6.10 Å². The van der Waals surface area contributed by atoms with Crippen molar-refractivity contribution in [2.45, 2.75) is 245 Å². The van der Waals surface area contributed by atoms with Gasteiger partial charge in [-0.2, -0.15) is 0 Å². The summed E-state index contributed by atoms with van der Waals surface area (Å²) in [6.45, 7) is 6.44. The van der Waals surface area contributed by atoms with Crippen LogP contribution in [0.2, 0.25) is 0 Å². The van der Waals surface area contributed by atoms with Crippen LogP contribution >= 0.6 is 0 Å². The van der Waals surface area contributed by atoms with Gasteiger partial charge in [0, 0.05) is 19.3 Å². The molecular weight excluding hydrogens is 685 g/mol. The highest BCUT2D eigenvalue weighted by Gasteiger charge is 2.19. The van der Waals surface area contributed by atoms with Gasteiger partial charge in [0.25, 0.3) is 0 Å². The molecule has 0 rings (SSSR count). The minimum absolute atomic E-state index is 0.0835. The Balaban J connectivity index is 4.30. The number of rotatable bonds is 42. The van der Waals surface area contributed by atoms with E-state index in [1.54, 1.807) is 0 Å². The summed E-state index contributed by atoms with van der Waals surface area (Å²) < 4.78 is 16.7. The van der Waals surface area contributed by atoms with Crippen LogP contribution in [0, 0.1) is 0 Å². The van der Waals surface area contributed by atoms with Crippen molar-refractivity contribution in [2.75, 3.05) is 13.2 Å². The Hall–Kier alpha value is -2.37. The predicted molar refractivity (Wildman–Crippen MR) is 233 cm³/mol. The first-order valence-corrected chi connectivity index (χ1v) is 23.5. The molecule has 0 aliphatic heterocycles. The lowest BCUT2D eigenvalue weighted by Crippen LogP contribution is -2.30. The minimum atomic E-state index is -0.783. The van der Waals surface area contributed by atoms with E-state index in [9.17, 15) is 14.4 Å². The Bertz CT molecular complexity index is 938. The molecule has 0 aromatic carbocycles. The van der Waals surface area contributed by atoms with E-state index in [1.807, 2.05) is 0 Å². The van der Waals surface area contributed by atoms with E-state index in [0.717, 1.165) is 83.5 Å². The molecule has 0 fully saturated rings. The lowest BCUT2D eigenvalue weighted by molar-refractivity contribution is -0.167. The van der Waals surface area contributed by atoms with Crippen LogP contribution in [0.15, 0.2) is 36.5 Å². The topological polar surface area (TPSA) is 78.9 Å². The highest BCUT2D eigenvalue weighted by molar-refractivity contribution is 5.71. The smallest absolute Gasteiger partial charge is 0.306 e. The maximum absolute atomic E-state index is 12.7. The fraction of sp³-hybridized carbons (Fsp3) is 0.816. The van der Waals surface area contributed by atoms with Crippen molar-refractivity contribution in [3.05, 3.63) is 36.5 Å². The molecule has 1 atom stereocenters. The zero-order chi connectivity index (χ0) is 40.1. The van der Waals surface area contributed by atoms with Crippen LogP contribution in [0.25, 0.3) is 0 Å². The van der Waals surface area contributed by atoms with Crippen LogP contribution in [-0.2, 0) is 28.6 Å². The third kappa shape index (κ3) is 42.6. The van der Waals surface area contributed by atoms with Crippen molar-refractivity contribution < 1.29 is 28.6 Å². The lowest BCUT2D eigenvalue weighted by atomic mass is 10.0. The van der Waals surface area contributed by atoms with Crippen LogP contribution in [-0.4, -0.2) is 37.2 Å². The second-order valence-electron chi connectivity index (χ2n) is 15.6. The van der Waals surface area contributed by atoms with Crippen LogP contribution < -0.4 is 0 Å². The molecule has 0 bridgehead atoms. The Morgan fingerprint density at radius 1 is 0.382 bits per heavy atom. The van der Waals surface area contributed by atoms with E-state index >= 15 is 0 Å². The van der Waals surface area contributed by atoms with Crippen molar-refractivity contribution in [1.29, 1.82) is 0 Å². The molecule has 55 heavy (non-hydrogen) atoms. The Morgan fingerprint density at radius 3 is 1.20 bits per heavy atom. The molecule has 0 saturated carbocycles. The van der Waals surface area contributed by atoms with E-state index in [1.165, 1.54) is 116 Å². The second-order valence-corrected chi connectivity index (χ2v) is 15.6. The number of carbonyl (C=O) groups is 3. The van der Waals surface area contributed by atoms with Crippen molar-refractivity contribution >= 4 is 17.9 Å². The minimum Gasteiger partial charge on any atom is -0.462 e. The fourth-order valence-corrected chi connectivity index (χ4v) is 6.58. The van der Waals surface area contributed by atoms with E-state index in [4.69, 9.17) is 14.2 Å². The van der Waals surface area contributed by atoms with Gasteiger partial charge in [0.05, 0.1) is 0 Å². The monoisotopic (exact) mass is 773 g/mol. The summed E-state index contributed by atoms with van der Waals surface area (Å²) in [6.07, 6.45) is 50.0. The number of carbonyl (C=O) groups excluding carboxylic acids is 3.